The highest BCUT2D eigenvalue weighted by molar-refractivity contribution is 7.98. The van der Waals surface area contributed by atoms with Gasteiger partial charge in [-0.2, -0.15) is 11.8 Å². The van der Waals surface area contributed by atoms with E-state index in [0.717, 1.165) is 12.0 Å². The molecule has 1 fully saturated rings. The summed E-state index contributed by atoms with van der Waals surface area (Å²) >= 11 is 1.95. The first-order valence-electron chi connectivity index (χ1n) is 6.05. The Kier molecular flexibility index (Phi) is 6.70. The molecule has 2 unspecified atom stereocenters. The second-order valence-electron chi connectivity index (χ2n) is 4.61. The quantitative estimate of drug-likeness (QED) is 0.558. The van der Waals surface area contributed by atoms with E-state index in [0.29, 0.717) is 0 Å². The van der Waals surface area contributed by atoms with E-state index >= 15 is 0 Å². The summed E-state index contributed by atoms with van der Waals surface area (Å²) in [4.78, 5) is 0. The van der Waals surface area contributed by atoms with E-state index in [-0.39, 0.29) is 0 Å². The van der Waals surface area contributed by atoms with E-state index < -0.39 is 0 Å². The monoisotopic (exact) mass is 215 g/mol. The molecule has 84 valence electrons. The SMILES string of the molecule is CSCCCNC1CCCC(C)CC1. The maximum absolute atomic E-state index is 3.70. The van der Waals surface area contributed by atoms with Crippen LogP contribution in [0.3, 0.4) is 0 Å². The maximum Gasteiger partial charge on any atom is 0.00671 e. The molecule has 0 spiro atoms. The molecule has 0 aromatic rings. The van der Waals surface area contributed by atoms with Crippen LogP contribution in [-0.2, 0) is 0 Å². The van der Waals surface area contributed by atoms with Crippen LogP contribution in [0.4, 0.5) is 0 Å². The molecule has 0 aromatic carbocycles. The van der Waals surface area contributed by atoms with Crippen LogP contribution in [0.2, 0.25) is 0 Å². The molecule has 0 aliphatic heterocycles. The Labute approximate surface area is 93.4 Å². The van der Waals surface area contributed by atoms with Gasteiger partial charge >= 0.3 is 0 Å². The van der Waals surface area contributed by atoms with E-state index in [4.69, 9.17) is 0 Å². The molecular formula is C12H25NS. The lowest BCUT2D eigenvalue weighted by Gasteiger charge is -2.15. The van der Waals surface area contributed by atoms with Crippen LogP contribution in [-0.4, -0.2) is 24.6 Å². The summed E-state index contributed by atoms with van der Waals surface area (Å²) < 4.78 is 0. The molecule has 0 heterocycles. The zero-order valence-corrected chi connectivity index (χ0v) is 10.5. The van der Waals surface area contributed by atoms with Crippen molar-refractivity contribution in [3.63, 3.8) is 0 Å². The van der Waals surface area contributed by atoms with Crippen LogP contribution in [0.1, 0.15) is 45.4 Å². The minimum Gasteiger partial charge on any atom is -0.314 e. The third-order valence-corrected chi connectivity index (χ3v) is 3.91. The molecule has 14 heavy (non-hydrogen) atoms. The van der Waals surface area contributed by atoms with E-state index in [1.165, 1.54) is 50.8 Å². The Morgan fingerprint density at radius 1 is 1.21 bits per heavy atom. The average Bonchev–Trinajstić information content (AvgIpc) is 2.38. The van der Waals surface area contributed by atoms with Gasteiger partial charge in [0.2, 0.25) is 0 Å². The predicted octanol–water partition coefficient (Wildman–Crippen LogP) is 3.30. The summed E-state index contributed by atoms with van der Waals surface area (Å²) in [5.74, 6) is 2.27. The summed E-state index contributed by atoms with van der Waals surface area (Å²) in [5.41, 5.74) is 0. The Hall–Kier alpha value is 0.310. The van der Waals surface area contributed by atoms with Crippen molar-refractivity contribution in [3.05, 3.63) is 0 Å². The van der Waals surface area contributed by atoms with Crippen molar-refractivity contribution in [2.75, 3.05) is 18.6 Å². The Bertz CT molecular complexity index is 138. The van der Waals surface area contributed by atoms with Crippen molar-refractivity contribution in [1.82, 2.24) is 5.32 Å². The summed E-state index contributed by atoms with van der Waals surface area (Å²) in [6.07, 6.45) is 10.6. The van der Waals surface area contributed by atoms with Gasteiger partial charge in [0.15, 0.2) is 0 Å². The van der Waals surface area contributed by atoms with Gasteiger partial charge in [0.05, 0.1) is 0 Å². The topological polar surface area (TPSA) is 12.0 Å². The Morgan fingerprint density at radius 3 is 2.86 bits per heavy atom. The van der Waals surface area contributed by atoms with Crippen LogP contribution in [0.25, 0.3) is 0 Å². The van der Waals surface area contributed by atoms with Crippen LogP contribution in [0.15, 0.2) is 0 Å². The summed E-state index contributed by atoms with van der Waals surface area (Å²) in [6.45, 7) is 3.62. The van der Waals surface area contributed by atoms with Gasteiger partial charge in [0.25, 0.3) is 0 Å². The third kappa shape index (κ3) is 5.26. The third-order valence-electron chi connectivity index (χ3n) is 3.22. The number of thioether (sulfide) groups is 1. The lowest BCUT2D eigenvalue weighted by atomic mass is 10.0. The highest BCUT2D eigenvalue weighted by Gasteiger charge is 2.14. The van der Waals surface area contributed by atoms with Crippen LogP contribution >= 0.6 is 11.8 Å². The molecule has 0 aromatic heterocycles. The van der Waals surface area contributed by atoms with Crippen molar-refractivity contribution in [3.8, 4) is 0 Å². The summed E-state index contributed by atoms with van der Waals surface area (Å²) in [7, 11) is 0. The fourth-order valence-corrected chi connectivity index (χ4v) is 2.65. The molecule has 1 saturated carbocycles. The first-order valence-corrected chi connectivity index (χ1v) is 7.44. The molecular weight excluding hydrogens is 190 g/mol. The van der Waals surface area contributed by atoms with Crippen molar-refractivity contribution in [1.29, 1.82) is 0 Å². The zero-order valence-electron chi connectivity index (χ0n) is 9.72. The molecule has 0 radical (unpaired) electrons. The smallest absolute Gasteiger partial charge is 0.00671 e. The minimum atomic E-state index is 0.821. The van der Waals surface area contributed by atoms with Gasteiger partial charge in [-0.15, -0.1) is 0 Å². The zero-order chi connectivity index (χ0) is 10.2. The summed E-state index contributed by atoms with van der Waals surface area (Å²) in [6, 6.07) is 0.821. The van der Waals surface area contributed by atoms with E-state index in [2.05, 4.69) is 18.5 Å². The molecule has 0 amide bonds. The lowest BCUT2D eigenvalue weighted by molar-refractivity contribution is 0.449. The maximum atomic E-state index is 3.70. The Morgan fingerprint density at radius 2 is 2.07 bits per heavy atom. The molecule has 1 N–H and O–H groups in total. The minimum absolute atomic E-state index is 0.821. The van der Waals surface area contributed by atoms with Crippen molar-refractivity contribution >= 4 is 11.8 Å². The molecule has 1 nitrogen and oxygen atoms in total. The largest absolute Gasteiger partial charge is 0.314 e. The fraction of sp³-hybridized carbons (Fsp3) is 1.00. The molecule has 0 saturated heterocycles. The second kappa shape index (κ2) is 7.58. The number of nitrogens with one attached hydrogen (secondary N) is 1. The highest BCUT2D eigenvalue weighted by Crippen LogP contribution is 2.22. The van der Waals surface area contributed by atoms with Gasteiger partial charge in [0, 0.05) is 6.04 Å². The number of rotatable bonds is 5. The van der Waals surface area contributed by atoms with E-state index in [1.54, 1.807) is 0 Å². The van der Waals surface area contributed by atoms with Crippen molar-refractivity contribution < 1.29 is 0 Å². The van der Waals surface area contributed by atoms with Gasteiger partial charge in [-0.3, -0.25) is 0 Å². The molecule has 2 atom stereocenters. The molecule has 0 bridgehead atoms. The second-order valence-corrected chi connectivity index (χ2v) is 5.60. The molecule has 1 aliphatic rings. The Balaban J connectivity index is 2.05. The van der Waals surface area contributed by atoms with Gasteiger partial charge in [-0.1, -0.05) is 19.8 Å². The summed E-state index contributed by atoms with van der Waals surface area (Å²) in [5, 5.41) is 3.70. The van der Waals surface area contributed by atoms with Crippen LogP contribution in [0.5, 0.6) is 0 Å². The van der Waals surface area contributed by atoms with Gasteiger partial charge < -0.3 is 5.32 Å². The standard InChI is InChI=1S/C12H25NS/c1-11-5-3-6-12(8-7-11)13-9-4-10-14-2/h11-13H,3-10H2,1-2H3. The fourth-order valence-electron chi connectivity index (χ4n) is 2.21. The van der Waals surface area contributed by atoms with Crippen molar-refractivity contribution in [2.24, 2.45) is 5.92 Å². The molecule has 2 heteroatoms. The normalized spacial score (nSPS) is 28.7. The first kappa shape index (κ1) is 12.4. The van der Waals surface area contributed by atoms with E-state index in [9.17, 15) is 0 Å². The van der Waals surface area contributed by atoms with Crippen LogP contribution < -0.4 is 5.32 Å². The first-order chi connectivity index (χ1) is 6.83. The lowest BCUT2D eigenvalue weighted by Crippen LogP contribution is -2.29. The van der Waals surface area contributed by atoms with Gasteiger partial charge in [-0.05, 0) is 50.2 Å². The number of hydrogen-bond donors (Lipinski definition) is 1. The van der Waals surface area contributed by atoms with Crippen molar-refractivity contribution in [2.45, 2.75) is 51.5 Å². The van der Waals surface area contributed by atoms with Crippen LogP contribution in [0, 0.1) is 5.92 Å². The van der Waals surface area contributed by atoms with Gasteiger partial charge in [-0.25, -0.2) is 0 Å². The average molecular weight is 215 g/mol. The van der Waals surface area contributed by atoms with E-state index in [1.807, 2.05) is 11.8 Å². The number of hydrogen-bond acceptors (Lipinski definition) is 2. The molecule has 1 aliphatic carbocycles. The molecule has 1 rings (SSSR count). The highest BCUT2D eigenvalue weighted by atomic mass is 32.2. The van der Waals surface area contributed by atoms with Gasteiger partial charge in [0.1, 0.15) is 0 Å². The predicted molar refractivity (Wildman–Crippen MR) is 67.0 cm³/mol.